The number of carbonyl (C=O) groups excluding carboxylic acids is 2. The number of carboxylic acid groups (broad SMARTS) is 1. The molecule has 1 aromatic rings. The van der Waals surface area contributed by atoms with Crippen molar-refractivity contribution in [1.29, 1.82) is 0 Å². The second-order valence-electron chi connectivity index (χ2n) is 6.30. The monoisotopic (exact) mass is 426 g/mol. The molecule has 0 bridgehead atoms. The molecular weight excluding hydrogens is 404 g/mol. The first kappa shape index (κ1) is 22.3. The van der Waals surface area contributed by atoms with E-state index in [1.807, 2.05) is 4.90 Å². The number of thioether (sulfide) groups is 1. The van der Waals surface area contributed by atoms with E-state index in [0.29, 0.717) is 35.0 Å². The Hall–Kier alpha value is -2.03. The number of amides is 1. The lowest BCUT2D eigenvalue weighted by atomic mass is 9.98. The van der Waals surface area contributed by atoms with Crippen molar-refractivity contribution in [3.05, 3.63) is 46.5 Å². The smallest absolute Gasteiger partial charge is 0.328 e. The van der Waals surface area contributed by atoms with Crippen LogP contribution in [0.25, 0.3) is 0 Å². The number of aliphatic carboxylic acids is 1. The Kier molecular flexibility index (Phi) is 8.35. The lowest BCUT2D eigenvalue weighted by molar-refractivity contribution is -0.147. The van der Waals surface area contributed by atoms with Crippen molar-refractivity contribution >= 4 is 41.2 Å². The number of carbonyl (C=O) groups is 3. The molecule has 7 nitrogen and oxygen atoms in total. The molecule has 1 fully saturated rings. The maximum absolute atomic E-state index is 12.5. The second kappa shape index (κ2) is 10.5. The number of hydrogen-bond acceptors (Lipinski definition) is 6. The fourth-order valence-corrected chi connectivity index (χ4v) is 4.47. The average Bonchev–Trinajstić information content (AvgIpc) is 2.64. The minimum absolute atomic E-state index is 0.0660. The zero-order valence-corrected chi connectivity index (χ0v) is 17.3. The van der Waals surface area contributed by atoms with Gasteiger partial charge in [-0.15, -0.1) is 11.8 Å². The molecular formula is C19H23ClN2O5S. The lowest BCUT2D eigenvalue weighted by Crippen LogP contribution is -2.43. The molecule has 152 valence electrons. The summed E-state index contributed by atoms with van der Waals surface area (Å²) in [7, 11) is 1.32. The van der Waals surface area contributed by atoms with E-state index in [2.05, 4.69) is 5.32 Å². The van der Waals surface area contributed by atoms with E-state index in [-0.39, 0.29) is 17.7 Å². The van der Waals surface area contributed by atoms with Gasteiger partial charge >= 0.3 is 11.9 Å². The van der Waals surface area contributed by atoms with Gasteiger partial charge in [-0.25, -0.2) is 9.59 Å². The minimum atomic E-state index is -1.05. The molecule has 2 N–H and O–H groups in total. The molecule has 1 aliphatic rings. The number of hydrogen-bond donors (Lipinski definition) is 2. The van der Waals surface area contributed by atoms with Crippen LogP contribution >= 0.6 is 23.4 Å². The standard InChI is InChI=1S/C19H23ClN2O5S/c1-12(23)21-11-28-16-7-8-22(10-13(16)9-17(24)25)18(19(26)27-2)14-5-3-4-6-15(14)20/h3-6,9,16,18H,7-8,10-11H2,1-2H3,(H,21,23)(H,24,25)/b13-9+/t16?,18-/m0/s1. The van der Waals surface area contributed by atoms with Gasteiger partial charge in [0.1, 0.15) is 6.04 Å². The molecule has 1 aliphatic heterocycles. The van der Waals surface area contributed by atoms with Gasteiger partial charge in [-0.05, 0) is 23.6 Å². The Labute approximate surface area is 173 Å². The highest BCUT2D eigenvalue weighted by Crippen LogP contribution is 2.35. The third kappa shape index (κ3) is 5.98. The zero-order valence-electron chi connectivity index (χ0n) is 15.7. The highest BCUT2D eigenvalue weighted by Gasteiger charge is 2.35. The Morgan fingerprint density at radius 1 is 1.43 bits per heavy atom. The summed E-state index contributed by atoms with van der Waals surface area (Å²) in [6, 6.07) is 6.32. The van der Waals surface area contributed by atoms with Crippen molar-refractivity contribution < 1.29 is 24.2 Å². The summed E-state index contributed by atoms with van der Waals surface area (Å²) in [5.74, 6) is -1.25. The Morgan fingerprint density at radius 3 is 2.75 bits per heavy atom. The predicted octanol–water partition coefficient (Wildman–Crippen LogP) is 2.47. The molecule has 2 atom stereocenters. The van der Waals surface area contributed by atoms with E-state index in [9.17, 15) is 19.5 Å². The van der Waals surface area contributed by atoms with Gasteiger partial charge in [0, 0.05) is 36.4 Å². The van der Waals surface area contributed by atoms with Crippen LogP contribution in [0.5, 0.6) is 0 Å². The fraction of sp³-hybridized carbons (Fsp3) is 0.421. The van der Waals surface area contributed by atoms with E-state index < -0.39 is 18.0 Å². The number of nitrogens with one attached hydrogen (secondary N) is 1. The summed E-state index contributed by atoms with van der Waals surface area (Å²) < 4.78 is 4.98. The summed E-state index contributed by atoms with van der Waals surface area (Å²) in [5.41, 5.74) is 1.30. The van der Waals surface area contributed by atoms with Gasteiger partial charge in [0.25, 0.3) is 0 Å². The topological polar surface area (TPSA) is 95.9 Å². The number of methoxy groups -OCH3 is 1. The number of benzene rings is 1. The summed E-state index contributed by atoms with van der Waals surface area (Å²) >= 11 is 7.77. The van der Waals surface area contributed by atoms with Gasteiger partial charge in [0.15, 0.2) is 0 Å². The van der Waals surface area contributed by atoms with Crippen molar-refractivity contribution in [2.75, 3.05) is 26.1 Å². The van der Waals surface area contributed by atoms with Crippen molar-refractivity contribution in [3.63, 3.8) is 0 Å². The Bertz CT molecular complexity index is 770. The molecule has 1 unspecified atom stereocenters. The van der Waals surface area contributed by atoms with Crippen LogP contribution in [-0.2, 0) is 19.1 Å². The van der Waals surface area contributed by atoms with E-state index in [0.717, 1.165) is 0 Å². The maximum atomic E-state index is 12.5. The fourth-order valence-electron chi connectivity index (χ4n) is 3.12. The maximum Gasteiger partial charge on any atom is 0.328 e. The third-order valence-electron chi connectivity index (χ3n) is 4.38. The van der Waals surface area contributed by atoms with Gasteiger partial charge in [0.05, 0.1) is 13.0 Å². The van der Waals surface area contributed by atoms with Gasteiger partial charge in [-0.3, -0.25) is 9.69 Å². The van der Waals surface area contributed by atoms with Crippen molar-refractivity contribution in [3.8, 4) is 0 Å². The second-order valence-corrected chi connectivity index (χ2v) is 7.89. The summed E-state index contributed by atoms with van der Waals surface area (Å²) in [6.45, 7) is 2.27. The first-order valence-corrected chi connectivity index (χ1v) is 10.1. The summed E-state index contributed by atoms with van der Waals surface area (Å²) in [6.07, 6.45) is 1.81. The Morgan fingerprint density at radius 2 is 2.14 bits per heavy atom. The molecule has 28 heavy (non-hydrogen) atoms. The van der Waals surface area contributed by atoms with Crippen molar-refractivity contribution in [2.45, 2.75) is 24.6 Å². The molecule has 0 saturated carbocycles. The zero-order chi connectivity index (χ0) is 20.7. The third-order valence-corrected chi connectivity index (χ3v) is 5.98. The number of esters is 1. The van der Waals surface area contributed by atoms with Crippen LogP contribution < -0.4 is 5.32 Å². The largest absolute Gasteiger partial charge is 0.478 e. The minimum Gasteiger partial charge on any atom is -0.478 e. The number of likely N-dealkylation sites (tertiary alicyclic amines) is 1. The average molecular weight is 427 g/mol. The molecule has 9 heteroatoms. The number of carboxylic acids is 1. The van der Waals surface area contributed by atoms with E-state index >= 15 is 0 Å². The van der Waals surface area contributed by atoms with Gasteiger partial charge in [-0.1, -0.05) is 29.8 Å². The van der Waals surface area contributed by atoms with Crippen LogP contribution in [0, 0.1) is 0 Å². The molecule has 1 heterocycles. The van der Waals surface area contributed by atoms with Gasteiger partial charge in [-0.2, -0.15) is 0 Å². The van der Waals surface area contributed by atoms with Crippen molar-refractivity contribution in [2.24, 2.45) is 0 Å². The van der Waals surface area contributed by atoms with E-state index in [1.54, 1.807) is 24.3 Å². The molecule has 2 rings (SSSR count). The van der Waals surface area contributed by atoms with Crippen LogP contribution in [0.4, 0.5) is 0 Å². The van der Waals surface area contributed by atoms with Gasteiger partial charge in [0.2, 0.25) is 5.91 Å². The molecule has 1 amide bonds. The van der Waals surface area contributed by atoms with Crippen molar-refractivity contribution in [1.82, 2.24) is 10.2 Å². The van der Waals surface area contributed by atoms with Crippen LogP contribution in [0.2, 0.25) is 5.02 Å². The summed E-state index contributed by atoms with van der Waals surface area (Å²) in [5, 5.41) is 12.3. The molecule has 0 aromatic heterocycles. The Balaban J connectivity index is 2.25. The van der Waals surface area contributed by atoms with Crippen LogP contribution in [0.15, 0.2) is 35.9 Å². The molecule has 0 aliphatic carbocycles. The van der Waals surface area contributed by atoms with Crippen LogP contribution in [-0.4, -0.2) is 59.2 Å². The molecule has 0 spiro atoms. The molecule has 1 aromatic carbocycles. The molecule has 1 saturated heterocycles. The normalized spacial score (nSPS) is 19.8. The number of ether oxygens (including phenoxy) is 1. The number of rotatable bonds is 7. The van der Waals surface area contributed by atoms with Gasteiger partial charge < -0.3 is 15.2 Å². The highest BCUT2D eigenvalue weighted by molar-refractivity contribution is 8.00. The number of halogens is 1. The lowest BCUT2D eigenvalue weighted by Gasteiger charge is -2.38. The number of nitrogens with zero attached hydrogens (tertiary/aromatic N) is 1. The SMILES string of the molecule is COC(=O)[C@H](c1ccccc1Cl)N1CCC(SCNC(C)=O)/C(=C/C(=O)O)C1. The highest BCUT2D eigenvalue weighted by atomic mass is 35.5. The van der Waals surface area contributed by atoms with E-state index in [1.165, 1.54) is 31.9 Å². The first-order valence-electron chi connectivity index (χ1n) is 8.69. The van der Waals surface area contributed by atoms with E-state index in [4.69, 9.17) is 16.3 Å². The van der Waals surface area contributed by atoms with Crippen LogP contribution in [0.3, 0.4) is 0 Å². The molecule has 0 radical (unpaired) electrons. The first-order chi connectivity index (χ1) is 13.3. The van der Waals surface area contributed by atoms with Crippen LogP contribution in [0.1, 0.15) is 24.9 Å². The quantitative estimate of drug-likeness (QED) is 0.392. The number of piperidine rings is 1. The summed E-state index contributed by atoms with van der Waals surface area (Å²) in [4.78, 5) is 36.8. The predicted molar refractivity (Wildman–Crippen MR) is 108 cm³/mol.